The molecule has 0 radical (unpaired) electrons. The Bertz CT molecular complexity index is 927. The molecule has 5 nitrogen and oxygen atoms in total. The van der Waals surface area contributed by atoms with E-state index in [-0.39, 0.29) is 11.5 Å². The normalized spacial score (nSPS) is 16.1. The molecule has 1 saturated heterocycles. The molecule has 1 aliphatic rings. The summed E-state index contributed by atoms with van der Waals surface area (Å²) in [6.07, 6.45) is 1.85. The number of hydrogen-bond acceptors (Lipinski definition) is 4. The van der Waals surface area contributed by atoms with Gasteiger partial charge in [0.2, 0.25) is 0 Å². The molecule has 1 aliphatic heterocycles. The summed E-state index contributed by atoms with van der Waals surface area (Å²) in [6, 6.07) is 8.72. The molecule has 1 fully saturated rings. The lowest BCUT2D eigenvalue weighted by molar-refractivity contribution is -0.121. The quantitative estimate of drug-likeness (QED) is 0.659. The van der Waals surface area contributed by atoms with E-state index in [1.807, 2.05) is 30.6 Å². The van der Waals surface area contributed by atoms with Crippen molar-refractivity contribution in [2.45, 2.75) is 13.8 Å². The standard InChI is InChI=1S/C18H16N2O3S2/c1-10-8-13(9-15-16(21)19(3)18(24)25-15)11(2)20(10)14-6-4-12(5-7-14)17(22)23/h4-9H,1-3H3,(H,22,23)/b15-9-. The summed E-state index contributed by atoms with van der Waals surface area (Å²) < 4.78 is 2.58. The van der Waals surface area contributed by atoms with Crippen molar-refractivity contribution in [2.24, 2.45) is 0 Å². The number of carboxylic acids is 1. The Morgan fingerprint density at radius 3 is 2.40 bits per heavy atom. The summed E-state index contributed by atoms with van der Waals surface area (Å²) in [7, 11) is 1.67. The first-order chi connectivity index (χ1) is 11.8. The highest BCUT2D eigenvalue weighted by Crippen LogP contribution is 2.33. The first kappa shape index (κ1) is 17.4. The third kappa shape index (κ3) is 3.12. The van der Waals surface area contributed by atoms with Gasteiger partial charge in [-0.2, -0.15) is 0 Å². The highest BCUT2D eigenvalue weighted by Gasteiger charge is 2.29. The second-order valence-electron chi connectivity index (χ2n) is 5.75. The molecule has 3 rings (SSSR count). The lowest BCUT2D eigenvalue weighted by Gasteiger charge is -2.10. The lowest BCUT2D eigenvalue weighted by atomic mass is 10.2. The zero-order chi connectivity index (χ0) is 18.3. The summed E-state index contributed by atoms with van der Waals surface area (Å²) in [6.45, 7) is 3.94. The Labute approximate surface area is 154 Å². The van der Waals surface area contributed by atoms with Crippen molar-refractivity contribution in [1.82, 2.24) is 9.47 Å². The topological polar surface area (TPSA) is 62.5 Å². The fraction of sp³-hybridized carbons (Fsp3) is 0.167. The number of thiocarbonyl (C=S) groups is 1. The summed E-state index contributed by atoms with van der Waals surface area (Å²) in [5, 5.41) is 9.02. The van der Waals surface area contributed by atoms with Crippen LogP contribution in [0, 0.1) is 13.8 Å². The van der Waals surface area contributed by atoms with Gasteiger partial charge in [-0.15, -0.1) is 0 Å². The van der Waals surface area contributed by atoms with E-state index in [0.29, 0.717) is 9.23 Å². The molecular formula is C18H16N2O3S2. The average molecular weight is 372 g/mol. The highest BCUT2D eigenvalue weighted by atomic mass is 32.2. The molecule has 1 aromatic carbocycles. The molecule has 0 saturated carbocycles. The van der Waals surface area contributed by atoms with Gasteiger partial charge in [-0.05, 0) is 55.8 Å². The number of thioether (sulfide) groups is 1. The summed E-state index contributed by atoms with van der Waals surface area (Å²) in [4.78, 5) is 25.3. The summed E-state index contributed by atoms with van der Waals surface area (Å²) >= 11 is 6.46. The Kier molecular flexibility index (Phi) is 4.53. The molecule has 1 N–H and O–H groups in total. The van der Waals surface area contributed by atoms with Gasteiger partial charge in [0.25, 0.3) is 5.91 Å². The Morgan fingerprint density at radius 2 is 1.88 bits per heavy atom. The number of carboxylic acid groups (broad SMARTS) is 1. The number of benzene rings is 1. The van der Waals surface area contributed by atoms with E-state index >= 15 is 0 Å². The molecule has 25 heavy (non-hydrogen) atoms. The number of amides is 1. The van der Waals surface area contributed by atoms with Gasteiger partial charge in [0.15, 0.2) is 0 Å². The van der Waals surface area contributed by atoms with Gasteiger partial charge < -0.3 is 9.67 Å². The maximum absolute atomic E-state index is 12.2. The van der Waals surface area contributed by atoms with Crippen LogP contribution in [0.1, 0.15) is 27.3 Å². The zero-order valence-electron chi connectivity index (χ0n) is 13.9. The maximum atomic E-state index is 12.2. The van der Waals surface area contributed by atoms with Crippen molar-refractivity contribution in [2.75, 3.05) is 7.05 Å². The highest BCUT2D eigenvalue weighted by molar-refractivity contribution is 8.26. The fourth-order valence-electron chi connectivity index (χ4n) is 2.77. The zero-order valence-corrected chi connectivity index (χ0v) is 15.6. The van der Waals surface area contributed by atoms with Crippen molar-refractivity contribution in [3.05, 3.63) is 57.8 Å². The third-order valence-corrected chi connectivity index (χ3v) is 5.60. The van der Waals surface area contributed by atoms with Gasteiger partial charge in [-0.25, -0.2) is 4.79 Å². The molecular weight excluding hydrogens is 356 g/mol. The van der Waals surface area contributed by atoms with E-state index in [1.165, 1.54) is 16.7 Å². The van der Waals surface area contributed by atoms with Crippen LogP contribution in [0.3, 0.4) is 0 Å². The van der Waals surface area contributed by atoms with Crippen molar-refractivity contribution >= 4 is 46.3 Å². The van der Waals surface area contributed by atoms with Gasteiger partial charge in [-0.3, -0.25) is 9.69 Å². The van der Waals surface area contributed by atoms with Crippen LogP contribution in [0.25, 0.3) is 11.8 Å². The van der Waals surface area contributed by atoms with Crippen molar-refractivity contribution in [3.8, 4) is 5.69 Å². The SMILES string of the molecule is Cc1cc(/C=C2\SC(=S)N(C)C2=O)c(C)n1-c1ccc(C(=O)O)cc1. The number of carbonyl (C=O) groups excluding carboxylic acids is 1. The van der Waals surface area contributed by atoms with E-state index in [1.54, 1.807) is 31.3 Å². The van der Waals surface area contributed by atoms with Crippen LogP contribution in [0.4, 0.5) is 0 Å². The molecule has 0 atom stereocenters. The van der Waals surface area contributed by atoms with E-state index in [0.717, 1.165) is 22.6 Å². The van der Waals surface area contributed by atoms with Crippen LogP contribution in [-0.2, 0) is 4.79 Å². The van der Waals surface area contributed by atoms with Crippen molar-refractivity contribution in [1.29, 1.82) is 0 Å². The van der Waals surface area contributed by atoms with Crippen molar-refractivity contribution < 1.29 is 14.7 Å². The van der Waals surface area contributed by atoms with Crippen LogP contribution >= 0.6 is 24.0 Å². The molecule has 2 aromatic rings. The Balaban J connectivity index is 2.01. The van der Waals surface area contributed by atoms with Crippen LogP contribution in [0.2, 0.25) is 0 Å². The largest absolute Gasteiger partial charge is 0.478 e. The van der Waals surface area contributed by atoms with E-state index in [9.17, 15) is 9.59 Å². The minimum atomic E-state index is -0.949. The van der Waals surface area contributed by atoms with Gasteiger partial charge in [-0.1, -0.05) is 24.0 Å². The number of nitrogens with zero attached hydrogens (tertiary/aromatic N) is 2. The summed E-state index contributed by atoms with van der Waals surface area (Å²) in [5.41, 5.74) is 4.04. The predicted octanol–water partition coefficient (Wildman–Crippen LogP) is 3.62. The molecule has 1 aromatic heterocycles. The van der Waals surface area contributed by atoms with Gasteiger partial charge in [0, 0.05) is 24.1 Å². The number of likely N-dealkylation sites (N-methyl/N-ethyl adjacent to an activating group) is 1. The average Bonchev–Trinajstić information content (AvgIpc) is 2.98. The number of hydrogen-bond donors (Lipinski definition) is 1. The first-order valence-corrected chi connectivity index (χ1v) is 8.76. The molecule has 0 spiro atoms. The number of rotatable bonds is 3. The van der Waals surface area contributed by atoms with Gasteiger partial charge in [0.1, 0.15) is 4.32 Å². The number of aryl methyl sites for hydroxylation is 1. The van der Waals surface area contributed by atoms with Crippen LogP contribution in [0.15, 0.2) is 35.2 Å². The minimum absolute atomic E-state index is 0.0920. The molecule has 0 bridgehead atoms. The van der Waals surface area contributed by atoms with E-state index < -0.39 is 5.97 Å². The second kappa shape index (κ2) is 6.50. The summed E-state index contributed by atoms with van der Waals surface area (Å²) in [5.74, 6) is -1.04. The number of aromatic carboxylic acids is 1. The predicted molar refractivity (Wildman–Crippen MR) is 103 cm³/mol. The van der Waals surface area contributed by atoms with Crippen LogP contribution < -0.4 is 0 Å². The molecule has 0 unspecified atom stereocenters. The molecule has 7 heteroatoms. The minimum Gasteiger partial charge on any atom is -0.478 e. The smallest absolute Gasteiger partial charge is 0.335 e. The monoisotopic (exact) mass is 372 g/mol. The first-order valence-electron chi connectivity index (χ1n) is 7.54. The molecule has 1 amide bonds. The maximum Gasteiger partial charge on any atom is 0.335 e. The number of carbonyl (C=O) groups is 2. The Morgan fingerprint density at radius 1 is 1.24 bits per heavy atom. The van der Waals surface area contributed by atoms with Gasteiger partial charge >= 0.3 is 5.97 Å². The Hall–Kier alpha value is -2.38. The number of aromatic nitrogens is 1. The van der Waals surface area contributed by atoms with E-state index in [2.05, 4.69) is 0 Å². The van der Waals surface area contributed by atoms with E-state index in [4.69, 9.17) is 17.3 Å². The lowest BCUT2D eigenvalue weighted by Crippen LogP contribution is -2.22. The van der Waals surface area contributed by atoms with Crippen molar-refractivity contribution in [3.63, 3.8) is 0 Å². The third-order valence-electron chi connectivity index (χ3n) is 4.12. The molecule has 0 aliphatic carbocycles. The van der Waals surface area contributed by atoms with Crippen LogP contribution in [0.5, 0.6) is 0 Å². The molecule has 2 heterocycles. The second-order valence-corrected chi connectivity index (χ2v) is 7.43. The van der Waals surface area contributed by atoms with Gasteiger partial charge in [0.05, 0.1) is 10.5 Å². The molecule has 128 valence electrons. The van der Waals surface area contributed by atoms with Crippen LogP contribution in [-0.4, -0.2) is 37.8 Å². The fourth-order valence-corrected chi connectivity index (χ4v) is 3.94.